The van der Waals surface area contributed by atoms with Crippen LogP contribution in [0.2, 0.25) is 10.0 Å². The fourth-order valence-corrected chi connectivity index (χ4v) is 3.54. The second kappa shape index (κ2) is 9.26. The minimum absolute atomic E-state index is 0.496. The molecule has 0 aliphatic heterocycles. The minimum atomic E-state index is 0.496. The molecule has 0 fully saturated rings. The molecule has 148 valence electrons. The van der Waals surface area contributed by atoms with Gasteiger partial charge in [0, 0.05) is 31.0 Å². The lowest BCUT2D eigenvalue weighted by Gasteiger charge is -2.19. The molecule has 3 rings (SSSR count). The number of anilines is 1. The number of benzene rings is 1. The van der Waals surface area contributed by atoms with Gasteiger partial charge >= 0.3 is 0 Å². The molecule has 28 heavy (non-hydrogen) atoms. The quantitative estimate of drug-likeness (QED) is 0.479. The first-order chi connectivity index (χ1) is 13.4. The van der Waals surface area contributed by atoms with Gasteiger partial charge in [0.05, 0.1) is 22.6 Å². The number of aromatic nitrogens is 4. The highest BCUT2D eigenvalue weighted by Gasteiger charge is 2.15. The smallest absolute Gasteiger partial charge is 0.174 e. The van der Waals surface area contributed by atoms with E-state index in [9.17, 15) is 0 Å². The summed E-state index contributed by atoms with van der Waals surface area (Å²) in [6.07, 6.45) is 3.70. The maximum Gasteiger partial charge on any atom is 0.174 e. The molecule has 0 bridgehead atoms. The fraction of sp³-hybridized carbons (Fsp3) is 0.278. The molecule has 0 spiro atoms. The van der Waals surface area contributed by atoms with E-state index in [1.165, 1.54) is 0 Å². The van der Waals surface area contributed by atoms with Crippen molar-refractivity contribution in [2.24, 2.45) is 0 Å². The number of rotatable bonds is 6. The summed E-state index contributed by atoms with van der Waals surface area (Å²) in [5.74, 6) is 0.633. The Balaban J connectivity index is 1.65. The van der Waals surface area contributed by atoms with Crippen molar-refractivity contribution >= 4 is 62.3 Å². The third kappa shape index (κ3) is 5.05. The Labute approximate surface area is 187 Å². The molecule has 10 heteroatoms. The van der Waals surface area contributed by atoms with Crippen molar-refractivity contribution in [3.63, 3.8) is 0 Å². The van der Waals surface area contributed by atoms with Crippen LogP contribution in [0.3, 0.4) is 0 Å². The molecule has 3 aromatic rings. The number of nitrogens with one attached hydrogen (secondary N) is 1. The van der Waals surface area contributed by atoms with Gasteiger partial charge in [-0.25, -0.2) is 0 Å². The lowest BCUT2D eigenvalue weighted by Crippen LogP contribution is -2.31. The van der Waals surface area contributed by atoms with Crippen molar-refractivity contribution in [2.75, 3.05) is 12.4 Å². The van der Waals surface area contributed by atoms with Gasteiger partial charge in [-0.2, -0.15) is 10.2 Å². The molecule has 0 atom stereocenters. The highest BCUT2D eigenvalue weighted by atomic mass is 79.9. The Morgan fingerprint density at radius 3 is 2.61 bits per heavy atom. The topological polar surface area (TPSA) is 50.9 Å². The minimum Gasteiger partial charge on any atom is -0.346 e. The second-order valence-corrected chi connectivity index (χ2v) is 8.24. The van der Waals surface area contributed by atoms with Crippen molar-refractivity contribution in [2.45, 2.75) is 26.6 Å². The Morgan fingerprint density at radius 1 is 1.18 bits per heavy atom. The second-order valence-electron chi connectivity index (χ2n) is 6.18. The monoisotopic (exact) mass is 500 g/mol. The number of aryl methyl sites for hydroxylation is 1. The normalized spacial score (nSPS) is 10.9. The predicted molar refractivity (Wildman–Crippen MR) is 121 cm³/mol. The molecule has 0 unspecified atom stereocenters. The van der Waals surface area contributed by atoms with Gasteiger partial charge in [-0.1, -0.05) is 41.4 Å². The van der Waals surface area contributed by atoms with Crippen LogP contribution < -0.4 is 5.32 Å². The third-order valence-electron chi connectivity index (χ3n) is 4.08. The van der Waals surface area contributed by atoms with E-state index in [1.54, 1.807) is 9.36 Å². The fourth-order valence-electron chi connectivity index (χ4n) is 2.56. The van der Waals surface area contributed by atoms with Crippen molar-refractivity contribution in [1.29, 1.82) is 0 Å². The molecule has 0 saturated heterocycles. The lowest BCUT2D eigenvalue weighted by molar-refractivity contribution is 0.492. The molecule has 6 nitrogen and oxygen atoms in total. The summed E-state index contributed by atoms with van der Waals surface area (Å²) in [5.41, 5.74) is 1.77. The van der Waals surface area contributed by atoms with Crippen LogP contribution in [0.15, 0.2) is 41.1 Å². The molecule has 2 heterocycles. The van der Waals surface area contributed by atoms with Crippen LogP contribution in [-0.4, -0.2) is 36.6 Å². The molecule has 0 aliphatic rings. The van der Waals surface area contributed by atoms with Gasteiger partial charge in [0.25, 0.3) is 0 Å². The van der Waals surface area contributed by atoms with Crippen LogP contribution in [0.4, 0.5) is 5.82 Å². The van der Waals surface area contributed by atoms with E-state index in [0.717, 1.165) is 22.3 Å². The first-order valence-corrected chi connectivity index (χ1v) is 10.5. The van der Waals surface area contributed by atoms with Crippen LogP contribution in [0.1, 0.15) is 18.2 Å². The number of halogens is 3. The van der Waals surface area contributed by atoms with E-state index in [2.05, 4.69) is 31.4 Å². The number of hydrogen-bond acceptors (Lipinski definition) is 3. The molecule has 1 aromatic carbocycles. The Hall–Kier alpha value is -1.61. The van der Waals surface area contributed by atoms with Crippen molar-refractivity contribution < 1.29 is 0 Å². The van der Waals surface area contributed by atoms with Gasteiger partial charge in [-0.3, -0.25) is 9.36 Å². The van der Waals surface area contributed by atoms with Gasteiger partial charge in [0.2, 0.25) is 0 Å². The molecule has 0 radical (unpaired) electrons. The summed E-state index contributed by atoms with van der Waals surface area (Å²) in [4.78, 5) is 1.86. The predicted octanol–water partition coefficient (Wildman–Crippen LogP) is 5.05. The Morgan fingerprint density at radius 2 is 1.93 bits per heavy atom. The van der Waals surface area contributed by atoms with E-state index in [1.807, 2.05) is 55.5 Å². The summed E-state index contributed by atoms with van der Waals surface area (Å²) in [5, 5.41) is 14.0. The summed E-state index contributed by atoms with van der Waals surface area (Å²) >= 11 is 21.5. The summed E-state index contributed by atoms with van der Waals surface area (Å²) in [7, 11) is 1.88. The Kier molecular flexibility index (Phi) is 6.98. The lowest BCUT2D eigenvalue weighted by atomic mass is 10.2. The van der Waals surface area contributed by atoms with E-state index in [4.69, 9.17) is 35.4 Å². The SMILES string of the molecule is CCn1cc(Cl)c(CN(C)C(=S)Nc2nn(Cc3ccccc3Cl)cc2Br)n1. The zero-order valence-corrected chi connectivity index (χ0v) is 19.3. The standard InChI is InChI=1S/C18H19BrCl2N6S/c1-3-26-10-15(21)16(23-26)11-25(2)18(28)22-17-13(19)9-27(24-17)8-12-6-4-5-7-14(12)20/h4-7,9-10H,3,8,11H2,1-2H3,(H,22,24,28). The zero-order valence-electron chi connectivity index (χ0n) is 15.4. The van der Waals surface area contributed by atoms with Crippen LogP contribution >= 0.6 is 51.3 Å². The molecule has 2 aromatic heterocycles. The number of thiocarbonyl (C=S) groups is 1. The van der Waals surface area contributed by atoms with Crippen LogP contribution in [-0.2, 0) is 19.6 Å². The number of hydrogen-bond donors (Lipinski definition) is 1. The summed E-state index contributed by atoms with van der Waals surface area (Å²) in [6.45, 7) is 3.84. The van der Waals surface area contributed by atoms with Crippen molar-refractivity contribution in [3.8, 4) is 0 Å². The van der Waals surface area contributed by atoms with Crippen molar-refractivity contribution in [3.05, 3.63) is 62.4 Å². The average Bonchev–Trinajstić information content (AvgIpc) is 3.19. The third-order valence-corrected chi connectivity index (χ3v) is 5.76. The first-order valence-electron chi connectivity index (χ1n) is 8.57. The molecule has 1 N–H and O–H groups in total. The number of nitrogens with zero attached hydrogens (tertiary/aromatic N) is 5. The largest absolute Gasteiger partial charge is 0.346 e. The molecule has 0 saturated carbocycles. The van der Waals surface area contributed by atoms with Gasteiger partial charge in [-0.15, -0.1) is 0 Å². The summed E-state index contributed by atoms with van der Waals surface area (Å²) in [6, 6.07) is 7.70. The average molecular weight is 502 g/mol. The zero-order chi connectivity index (χ0) is 20.3. The van der Waals surface area contributed by atoms with Gasteiger partial charge in [0.15, 0.2) is 10.9 Å². The molecular weight excluding hydrogens is 483 g/mol. The highest BCUT2D eigenvalue weighted by Crippen LogP contribution is 2.23. The van der Waals surface area contributed by atoms with Crippen LogP contribution in [0, 0.1) is 0 Å². The molecule has 0 aliphatic carbocycles. The molecular formula is C18H19BrCl2N6S. The molecule has 0 amide bonds. The first kappa shape index (κ1) is 21.1. The van der Waals surface area contributed by atoms with Crippen LogP contribution in [0.5, 0.6) is 0 Å². The van der Waals surface area contributed by atoms with Crippen LogP contribution in [0.25, 0.3) is 0 Å². The maximum atomic E-state index is 6.24. The maximum absolute atomic E-state index is 6.24. The highest BCUT2D eigenvalue weighted by molar-refractivity contribution is 9.10. The summed E-state index contributed by atoms with van der Waals surface area (Å²) < 4.78 is 4.41. The van der Waals surface area contributed by atoms with E-state index < -0.39 is 0 Å². The van der Waals surface area contributed by atoms with E-state index in [0.29, 0.717) is 34.1 Å². The van der Waals surface area contributed by atoms with Gasteiger partial charge < -0.3 is 10.2 Å². The van der Waals surface area contributed by atoms with Crippen molar-refractivity contribution in [1.82, 2.24) is 24.5 Å². The van der Waals surface area contributed by atoms with E-state index >= 15 is 0 Å². The van der Waals surface area contributed by atoms with Gasteiger partial charge in [-0.05, 0) is 46.7 Å². The van der Waals surface area contributed by atoms with Gasteiger partial charge in [0.1, 0.15) is 5.69 Å². The van der Waals surface area contributed by atoms with E-state index in [-0.39, 0.29) is 0 Å². The Bertz CT molecular complexity index is 986.